The third-order valence-corrected chi connectivity index (χ3v) is 4.10. The third-order valence-electron chi connectivity index (χ3n) is 4.10. The van der Waals surface area contributed by atoms with Gasteiger partial charge in [0.05, 0.1) is 0 Å². The minimum Gasteiger partial charge on any atom is -0.330 e. The standard InChI is InChI=1S/C16H26N2/c1-2-6-14-9-10-18(12-14)13-16(11-17)15-7-4-3-5-8-15/h3-5,7-8,14,16H,2,6,9-13,17H2,1H3. The zero-order valence-electron chi connectivity index (χ0n) is 11.5. The van der Waals surface area contributed by atoms with E-state index in [1.807, 2.05) is 0 Å². The van der Waals surface area contributed by atoms with E-state index in [9.17, 15) is 0 Å². The van der Waals surface area contributed by atoms with Crippen LogP contribution in [0.2, 0.25) is 0 Å². The number of hydrogen-bond acceptors (Lipinski definition) is 2. The van der Waals surface area contributed by atoms with Crippen molar-refractivity contribution in [1.29, 1.82) is 0 Å². The highest BCUT2D eigenvalue weighted by atomic mass is 15.1. The molecule has 1 aromatic rings. The molecule has 1 aliphatic rings. The van der Waals surface area contributed by atoms with E-state index in [0.29, 0.717) is 5.92 Å². The van der Waals surface area contributed by atoms with Crippen LogP contribution in [-0.4, -0.2) is 31.1 Å². The molecular weight excluding hydrogens is 220 g/mol. The van der Waals surface area contributed by atoms with Crippen molar-refractivity contribution in [3.8, 4) is 0 Å². The molecular formula is C16H26N2. The first-order valence-corrected chi connectivity index (χ1v) is 7.30. The molecule has 1 fully saturated rings. The van der Waals surface area contributed by atoms with Crippen LogP contribution in [0.15, 0.2) is 30.3 Å². The lowest BCUT2D eigenvalue weighted by Crippen LogP contribution is -2.30. The van der Waals surface area contributed by atoms with Crippen LogP contribution in [0.1, 0.15) is 37.7 Å². The van der Waals surface area contributed by atoms with Crippen LogP contribution in [-0.2, 0) is 0 Å². The van der Waals surface area contributed by atoms with Gasteiger partial charge in [0.15, 0.2) is 0 Å². The maximum absolute atomic E-state index is 5.95. The largest absolute Gasteiger partial charge is 0.330 e. The fraction of sp³-hybridized carbons (Fsp3) is 0.625. The maximum atomic E-state index is 5.95. The van der Waals surface area contributed by atoms with Crippen LogP contribution < -0.4 is 5.73 Å². The molecule has 0 spiro atoms. The Hall–Kier alpha value is -0.860. The zero-order valence-corrected chi connectivity index (χ0v) is 11.5. The molecule has 2 unspecified atom stereocenters. The van der Waals surface area contributed by atoms with Crippen molar-refractivity contribution in [2.45, 2.75) is 32.1 Å². The number of rotatable bonds is 6. The van der Waals surface area contributed by atoms with Crippen LogP contribution in [0, 0.1) is 5.92 Å². The Balaban J connectivity index is 1.88. The van der Waals surface area contributed by atoms with Gasteiger partial charge in [0.2, 0.25) is 0 Å². The van der Waals surface area contributed by atoms with E-state index >= 15 is 0 Å². The van der Waals surface area contributed by atoms with Gasteiger partial charge in [0.1, 0.15) is 0 Å². The summed E-state index contributed by atoms with van der Waals surface area (Å²) < 4.78 is 0. The Bertz CT molecular complexity index is 336. The summed E-state index contributed by atoms with van der Waals surface area (Å²) in [6.45, 7) is 6.69. The summed E-state index contributed by atoms with van der Waals surface area (Å²) >= 11 is 0. The smallest absolute Gasteiger partial charge is 0.00888 e. The summed E-state index contributed by atoms with van der Waals surface area (Å²) in [6, 6.07) is 10.7. The SMILES string of the molecule is CCCC1CCN(CC(CN)c2ccccc2)C1. The van der Waals surface area contributed by atoms with Gasteiger partial charge in [0, 0.05) is 25.6 Å². The Morgan fingerprint density at radius 3 is 2.78 bits per heavy atom. The first-order valence-electron chi connectivity index (χ1n) is 7.30. The van der Waals surface area contributed by atoms with Crippen molar-refractivity contribution in [2.75, 3.05) is 26.2 Å². The molecule has 2 N–H and O–H groups in total. The van der Waals surface area contributed by atoms with Crippen molar-refractivity contribution < 1.29 is 0 Å². The van der Waals surface area contributed by atoms with Crippen LogP contribution in [0.25, 0.3) is 0 Å². The highest BCUT2D eigenvalue weighted by molar-refractivity contribution is 5.20. The lowest BCUT2D eigenvalue weighted by Gasteiger charge is -2.23. The molecule has 1 saturated heterocycles. The van der Waals surface area contributed by atoms with Gasteiger partial charge < -0.3 is 10.6 Å². The average molecular weight is 246 g/mol. The second-order valence-electron chi connectivity index (χ2n) is 5.55. The predicted octanol–water partition coefficient (Wildman–Crippen LogP) is 2.85. The van der Waals surface area contributed by atoms with Gasteiger partial charge in [0.25, 0.3) is 0 Å². The van der Waals surface area contributed by atoms with E-state index < -0.39 is 0 Å². The molecule has 0 aromatic heterocycles. The summed E-state index contributed by atoms with van der Waals surface area (Å²) in [6.07, 6.45) is 4.08. The van der Waals surface area contributed by atoms with Gasteiger partial charge in [-0.25, -0.2) is 0 Å². The molecule has 0 saturated carbocycles. The van der Waals surface area contributed by atoms with Gasteiger partial charge in [-0.05, 0) is 30.9 Å². The highest BCUT2D eigenvalue weighted by Gasteiger charge is 2.24. The summed E-state index contributed by atoms with van der Waals surface area (Å²) in [5.74, 6) is 1.41. The van der Waals surface area contributed by atoms with Gasteiger partial charge in [-0.3, -0.25) is 0 Å². The van der Waals surface area contributed by atoms with E-state index in [1.165, 1.54) is 37.9 Å². The van der Waals surface area contributed by atoms with E-state index in [0.717, 1.165) is 19.0 Å². The number of benzene rings is 1. The van der Waals surface area contributed by atoms with Crippen LogP contribution in [0.4, 0.5) is 0 Å². The zero-order chi connectivity index (χ0) is 12.8. The van der Waals surface area contributed by atoms with E-state index in [2.05, 4.69) is 42.2 Å². The van der Waals surface area contributed by atoms with Gasteiger partial charge >= 0.3 is 0 Å². The Kier molecular flexibility index (Phi) is 5.21. The quantitative estimate of drug-likeness (QED) is 0.836. The van der Waals surface area contributed by atoms with E-state index in [1.54, 1.807) is 0 Å². The molecule has 0 bridgehead atoms. The average Bonchev–Trinajstić information content (AvgIpc) is 2.85. The maximum Gasteiger partial charge on any atom is 0.00888 e. The molecule has 100 valence electrons. The van der Waals surface area contributed by atoms with Crippen molar-refractivity contribution >= 4 is 0 Å². The molecule has 1 aliphatic heterocycles. The molecule has 2 rings (SSSR count). The molecule has 0 amide bonds. The van der Waals surface area contributed by atoms with E-state index in [-0.39, 0.29) is 0 Å². The summed E-state index contributed by atoms with van der Waals surface area (Å²) in [5.41, 5.74) is 7.34. The first-order chi connectivity index (χ1) is 8.83. The van der Waals surface area contributed by atoms with Crippen molar-refractivity contribution in [2.24, 2.45) is 11.7 Å². The van der Waals surface area contributed by atoms with Crippen molar-refractivity contribution in [1.82, 2.24) is 4.90 Å². The van der Waals surface area contributed by atoms with Gasteiger partial charge in [-0.15, -0.1) is 0 Å². The normalized spacial score (nSPS) is 22.2. The molecule has 2 heteroatoms. The Morgan fingerprint density at radius 1 is 1.33 bits per heavy atom. The van der Waals surface area contributed by atoms with Crippen LogP contribution in [0.5, 0.6) is 0 Å². The fourth-order valence-electron chi connectivity index (χ4n) is 3.08. The topological polar surface area (TPSA) is 29.3 Å². The fourth-order valence-corrected chi connectivity index (χ4v) is 3.08. The summed E-state index contributed by atoms with van der Waals surface area (Å²) in [5, 5.41) is 0. The second-order valence-corrected chi connectivity index (χ2v) is 5.55. The minimum atomic E-state index is 0.492. The molecule has 0 aliphatic carbocycles. The Morgan fingerprint density at radius 2 is 2.11 bits per heavy atom. The lowest BCUT2D eigenvalue weighted by atomic mass is 9.99. The van der Waals surface area contributed by atoms with Crippen molar-refractivity contribution in [3.05, 3.63) is 35.9 Å². The molecule has 18 heavy (non-hydrogen) atoms. The summed E-state index contributed by atoms with van der Waals surface area (Å²) in [4.78, 5) is 2.60. The highest BCUT2D eigenvalue weighted by Crippen LogP contribution is 2.24. The van der Waals surface area contributed by atoms with Gasteiger partial charge in [-0.1, -0.05) is 43.7 Å². The molecule has 0 radical (unpaired) electrons. The number of nitrogens with zero attached hydrogens (tertiary/aromatic N) is 1. The second kappa shape index (κ2) is 6.91. The minimum absolute atomic E-state index is 0.492. The molecule has 2 atom stereocenters. The first kappa shape index (κ1) is 13.6. The van der Waals surface area contributed by atoms with E-state index in [4.69, 9.17) is 5.73 Å². The van der Waals surface area contributed by atoms with Crippen molar-refractivity contribution in [3.63, 3.8) is 0 Å². The third kappa shape index (κ3) is 3.56. The van der Waals surface area contributed by atoms with Crippen LogP contribution >= 0.6 is 0 Å². The van der Waals surface area contributed by atoms with Gasteiger partial charge in [-0.2, -0.15) is 0 Å². The lowest BCUT2D eigenvalue weighted by molar-refractivity contribution is 0.300. The molecule has 1 heterocycles. The summed E-state index contributed by atoms with van der Waals surface area (Å²) in [7, 11) is 0. The number of nitrogens with two attached hydrogens (primary N) is 1. The molecule has 2 nitrogen and oxygen atoms in total. The van der Waals surface area contributed by atoms with Crippen LogP contribution in [0.3, 0.4) is 0 Å². The number of likely N-dealkylation sites (tertiary alicyclic amines) is 1. The predicted molar refractivity (Wildman–Crippen MR) is 77.7 cm³/mol. The molecule has 1 aromatic carbocycles. The Labute approximate surface area is 111 Å². The number of hydrogen-bond donors (Lipinski definition) is 1. The monoisotopic (exact) mass is 246 g/mol.